The van der Waals surface area contributed by atoms with Gasteiger partial charge in [0.1, 0.15) is 6.10 Å². The summed E-state index contributed by atoms with van der Waals surface area (Å²) in [6.07, 6.45) is 2.68. The third-order valence-electron chi connectivity index (χ3n) is 2.12. The Hall–Kier alpha value is -0.555. The maximum absolute atomic E-state index is 9.67. The number of aliphatic hydroxyl groups excluding tert-OH is 1. The maximum atomic E-state index is 9.67. The quantitative estimate of drug-likeness (QED) is 0.603. The van der Waals surface area contributed by atoms with E-state index >= 15 is 0 Å². The number of pyridine rings is 1. The lowest BCUT2D eigenvalue weighted by Crippen LogP contribution is -2.33. The summed E-state index contributed by atoms with van der Waals surface area (Å²) in [5.41, 5.74) is 1.65. The van der Waals surface area contributed by atoms with Gasteiger partial charge < -0.3 is 15.2 Å². The molecule has 6 heteroatoms. The lowest BCUT2D eigenvalue weighted by atomic mass is 9.78. The molecule has 1 heterocycles. The van der Waals surface area contributed by atoms with E-state index in [0.29, 0.717) is 16.9 Å². The molecule has 0 fully saturated rings. The summed E-state index contributed by atoms with van der Waals surface area (Å²) >= 11 is 1.53. The van der Waals surface area contributed by atoms with E-state index in [1.54, 1.807) is 13.0 Å². The number of aliphatic hydroxyl groups is 1. The molecular weight excluding hydrogens is 213 g/mol. The normalized spacial score (nSPS) is 12.6. The Morgan fingerprint density at radius 2 is 2.20 bits per heavy atom. The van der Waals surface area contributed by atoms with Crippen molar-refractivity contribution >= 4 is 24.3 Å². The SMILES string of the molecule is CSCC(O)c1cc(C)c(B(O)O)cn1. The van der Waals surface area contributed by atoms with Gasteiger partial charge in [0.2, 0.25) is 0 Å². The van der Waals surface area contributed by atoms with E-state index in [1.807, 2.05) is 6.26 Å². The van der Waals surface area contributed by atoms with Crippen LogP contribution >= 0.6 is 11.8 Å². The Labute approximate surface area is 93.5 Å². The largest absolute Gasteiger partial charge is 0.490 e. The highest BCUT2D eigenvalue weighted by Gasteiger charge is 2.16. The maximum Gasteiger partial charge on any atom is 0.490 e. The van der Waals surface area contributed by atoms with Crippen molar-refractivity contribution in [2.45, 2.75) is 13.0 Å². The Balaban J connectivity index is 2.91. The summed E-state index contributed by atoms with van der Waals surface area (Å²) in [7, 11) is -1.51. The number of aromatic nitrogens is 1. The first kappa shape index (κ1) is 12.5. The molecule has 3 N–H and O–H groups in total. The van der Waals surface area contributed by atoms with Crippen molar-refractivity contribution in [1.29, 1.82) is 0 Å². The van der Waals surface area contributed by atoms with Crippen LogP contribution in [0, 0.1) is 6.92 Å². The van der Waals surface area contributed by atoms with Crippen LogP contribution in [-0.2, 0) is 0 Å². The molecule has 0 aromatic carbocycles. The van der Waals surface area contributed by atoms with Crippen molar-refractivity contribution < 1.29 is 15.2 Å². The van der Waals surface area contributed by atoms with Crippen LogP contribution in [0.25, 0.3) is 0 Å². The fraction of sp³-hybridized carbons (Fsp3) is 0.444. The summed E-state index contributed by atoms with van der Waals surface area (Å²) in [5, 5.41) is 27.6. The zero-order chi connectivity index (χ0) is 11.4. The van der Waals surface area contributed by atoms with E-state index in [9.17, 15) is 5.11 Å². The molecule has 15 heavy (non-hydrogen) atoms. The van der Waals surface area contributed by atoms with Crippen LogP contribution < -0.4 is 5.46 Å². The second-order valence-corrected chi connectivity index (χ2v) is 4.22. The molecule has 4 nitrogen and oxygen atoms in total. The van der Waals surface area contributed by atoms with Crippen LogP contribution in [0.4, 0.5) is 0 Å². The van der Waals surface area contributed by atoms with Gasteiger partial charge in [0.15, 0.2) is 0 Å². The zero-order valence-corrected chi connectivity index (χ0v) is 9.53. The lowest BCUT2D eigenvalue weighted by molar-refractivity contribution is 0.199. The van der Waals surface area contributed by atoms with Gasteiger partial charge in [-0.15, -0.1) is 0 Å². The molecule has 0 amide bonds. The molecule has 0 saturated carbocycles. The minimum atomic E-state index is -1.51. The first-order chi connectivity index (χ1) is 7.06. The van der Waals surface area contributed by atoms with E-state index in [0.717, 1.165) is 5.56 Å². The molecule has 1 aromatic heterocycles. The predicted molar refractivity (Wildman–Crippen MR) is 62.1 cm³/mol. The van der Waals surface area contributed by atoms with Crippen LogP contribution in [0.3, 0.4) is 0 Å². The Bertz CT molecular complexity index is 335. The van der Waals surface area contributed by atoms with Gasteiger partial charge in [-0.25, -0.2) is 0 Å². The molecular formula is C9H14BNO3S. The van der Waals surface area contributed by atoms with Gasteiger partial charge in [0.25, 0.3) is 0 Å². The fourth-order valence-corrected chi connectivity index (χ4v) is 1.77. The number of aryl methyl sites for hydroxylation is 1. The third-order valence-corrected chi connectivity index (χ3v) is 2.77. The van der Waals surface area contributed by atoms with E-state index in [1.165, 1.54) is 18.0 Å². The van der Waals surface area contributed by atoms with Crippen LogP contribution in [-0.4, -0.2) is 39.3 Å². The summed E-state index contributed by atoms with van der Waals surface area (Å²) in [5.74, 6) is 0.577. The van der Waals surface area contributed by atoms with Crippen molar-refractivity contribution in [1.82, 2.24) is 4.98 Å². The predicted octanol–water partition coefficient (Wildman–Crippen LogP) is -0.534. The number of nitrogens with zero attached hydrogens (tertiary/aromatic N) is 1. The lowest BCUT2D eigenvalue weighted by Gasteiger charge is -2.11. The topological polar surface area (TPSA) is 73.6 Å². The number of rotatable bonds is 4. The van der Waals surface area contributed by atoms with E-state index in [2.05, 4.69) is 4.98 Å². The van der Waals surface area contributed by atoms with Gasteiger partial charge in [-0.2, -0.15) is 11.8 Å². The monoisotopic (exact) mass is 227 g/mol. The standard InChI is InChI=1S/C9H14BNO3S/c1-6-3-8(9(12)5-15-2)11-4-7(6)10(13)14/h3-4,9,12-14H,5H2,1-2H3. The first-order valence-electron chi connectivity index (χ1n) is 4.55. The molecule has 0 spiro atoms. The van der Waals surface area contributed by atoms with E-state index in [4.69, 9.17) is 10.0 Å². The van der Waals surface area contributed by atoms with E-state index in [-0.39, 0.29) is 0 Å². The molecule has 0 radical (unpaired) electrons. The summed E-state index contributed by atoms with van der Waals surface area (Å²) < 4.78 is 0. The average Bonchev–Trinajstić information content (AvgIpc) is 2.17. The summed E-state index contributed by atoms with van der Waals surface area (Å²) in [4.78, 5) is 4.00. The van der Waals surface area contributed by atoms with Crippen molar-refractivity contribution in [3.05, 3.63) is 23.5 Å². The smallest absolute Gasteiger partial charge is 0.423 e. The molecule has 1 atom stereocenters. The molecule has 0 bridgehead atoms. The highest BCUT2D eigenvalue weighted by atomic mass is 32.2. The van der Waals surface area contributed by atoms with Crippen molar-refractivity contribution in [3.63, 3.8) is 0 Å². The first-order valence-corrected chi connectivity index (χ1v) is 5.95. The summed E-state index contributed by atoms with van der Waals surface area (Å²) in [6.45, 7) is 1.76. The minimum absolute atomic E-state index is 0.370. The van der Waals surface area contributed by atoms with Crippen LogP contribution in [0.5, 0.6) is 0 Å². The third kappa shape index (κ3) is 3.20. The molecule has 1 aromatic rings. The fourth-order valence-electron chi connectivity index (χ4n) is 1.28. The van der Waals surface area contributed by atoms with Crippen LogP contribution in [0.15, 0.2) is 12.3 Å². The molecule has 1 rings (SSSR count). The molecule has 0 aliphatic rings. The van der Waals surface area contributed by atoms with Crippen LogP contribution in [0.2, 0.25) is 0 Å². The average molecular weight is 227 g/mol. The molecule has 0 aliphatic carbocycles. The van der Waals surface area contributed by atoms with Gasteiger partial charge in [-0.3, -0.25) is 4.98 Å². The van der Waals surface area contributed by atoms with Gasteiger partial charge in [-0.05, 0) is 24.8 Å². The number of hydrogen-bond acceptors (Lipinski definition) is 5. The van der Waals surface area contributed by atoms with Gasteiger partial charge in [0.05, 0.1) is 5.69 Å². The molecule has 1 unspecified atom stereocenters. The molecule has 0 aliphatic heterocycles. The number of thioether (sulfide) groups is 1. The second-order valence-electron chi connectivity index (χ2n) is 3.31. The minimum Gasteiger partial charge on any atom is -0.423 e. The van der Waals surface area contributed by atoms with Crippen molar-refractivity contribution in [3.8, 4) is 0 Å². The highest BCUT2D eigenvalue weighted by Crippen LogP contribution is 2.14. The van der Waals surface area contributed by atoms with Crippen LogP contribution in [0.1, 0.15) is 17.4 Å². The van der Waals surface area contributed by atoms with Gasteiger partial charge in [0, 0.05) is 17.4 Å². The van der Waals surface area contributed by atoms with Crippen molar-refractivity contribution in [2.75, 3.05) is 12.0 Å². The molecule has 82 valence electrons. The Morgan fingerprint density at radius 3 is 2.67 bits per heavy atom. The van der Waals surface area contributed by atoms with Gasteiger partial charge >= 0.3 is 7.12 Å². The Morgan fingerprint density at radius 1 is 1.53 bits per heavy atom. The summed E-state index contributed by atoms with van der Waals surface area (Å²) in [6, 6.07) is 1.68. The second kappa shape index (κ2) is 5.51. The highest BCUT2D eigenvalue weighted by molar-refractivity contribution is 7.98. The molecule has 0 saturated heterocycles. The Kier molecular flexibility index (Phi) is 4.59. The van der Waals surface area contributed by atoms with E-state index < -0.39 is 13.2 Å². The van der Waals surface area contributed by atoms with Gasteiger partial charge in [-0.1, -0.05) is 0 Å². The number of hydrogen-bond donors (Lipinski definition) is 3. The van der Waals surface area contributed by atoms with Crippen molar-refractivity contribution in [2.24, 2.45) is 0 Å². The zero-order valence-electron chi connectivity index (χ0n) is 8.71.